The lowest BCUT2D eigenvalue weighted by Crippen LogP contribution is -2.46. The number of anilines is 2. The Morgan fingerprint density at radius 2 is 1.90 bits per heavy atom. The average molecular weight is 393 g/mol. The molecule has 2 aliphatic heterocycles. The monoisotopic (exact) mass is 393 g/mol. The number of pyridine rings is 1. The van der Waals surface area contributed by atoms with Gasteiger partial charge in [0.25, 0.3) is 0 Å². The summed E-state index contributed by atoms with van der Waals surface area (Å²) in [5.74, 6) is 2.72. The molecular formula is C21H27N7O. The highest BCUT2D eigenvalue weighted by molar-refractivity contribution is 5.91. The van der Waals surface area contributed by atoms with E-state index in [-0.39, 0.29) is 6.04 Å². The summed E-state index contributed by atoms with van der Waals surface area (Å²) in [6, 6.07) is 6.48. The molecule has 3 aromatic heterocycles. The Labute approximate surface area is 170 Å². The molecule has 2 saturated heterocycles. The molecule has 2 aliphatic rings. The fourth-order valence-corrected chi connectivity index (χ4v) is 4.11. The van der Waals surface area contributed by atoms with Crippen LogP contribution in [0.1, 0.15) is 6.92 Å². The Bertz CT molecular complexity index is 996. The van der Waals surface area contributed by atoms with E-state index in [1.165, 1.54) is 0 Å². The number of ether oxygens (including phenoxy) is 1. The van der Waals surface area contributed by atoms with Gasteiger partial charge < -0.3 is 24.4 Å². The van der Waals surface area contributed by atoms with Gasteiger partial charge in [-0.2, -0.15) is 0 Å². The smallest absolute Gasteiger partial charge is 0.164 e. The van der Waals surface area contributed by atoms with E-state index in [9.17, 15) is 0 Å². The zero-order valence-electron chi connectivity index (χ0n) is 17.0. The van der Waals surface area contributed by atoms with Crippen molar-refractivity contribution >= 4 is 22.7 Å². The third-order valence-corrected chi connectivity index (χ3v) is 5.89. The van der Waals surface area contributed by atoms with Crippen LogP contribution in [0.2, 0.25) is 0 Å². The molecule has 0 amide bonds. The summed E-state index contributed by atoms with van der Waals surface area (Å²) < 4.78 is 5.64. The van der Waals surface area contributed by atoms with E-state index >= 15 is 0 Å². The van der Waals surface area contributed by atoms with Gasteiger partial charge in [0.2, 0.25) is 0 Å². The fraction of sp³-hybridized carbons (Fsp3) is 0.476. The van der Waals surface area contributed by atoms with Crippen molar-refractivity contribution in [3.8, 4) is 11.4 Å². The van der Waals surface area contributed by atoms with E-state index in [0.29, 0.717) is 0 Å². The maximum Gasteiger partial charge on any atom is 0.164 e. The Hall–Kier alpha value is -2.71. The first-order chi connectivity index (χ1) is 14.2. The number of H-pyrrole nitrogens is 1. The van der Waals surface area contributed by atoms with Crippen LogP contribution in [0.3, 0.4) is 0 Å². The lowest BCUT2D eigenvalue weighted by molar-refractivity contribution is 0.0985. The normalized spacial score (nSPS) is 21.1. The molecule has 0 spiro atoms. The molecule has 0 aliphatic carbocycles. The zero-order valence-corrected chi connectivity index (χ0v) is 17.0. The van der Waals surface area contributed by atoms with Crippen molar-refractivity contribution in [1.29, 1.82) is 0 Å². The molecule has 3 aromatic rings. The number of nitrogens with one attached hydrogen (secondary N) is 1. The SMILES string of the molecule is C[C@@H]1COCCN1c1cc(N2CCN(C)CC2)nc(-c2ccnc3[nH]ccc23)n1. The Kier molecular flexibility index (Phi) is 4.81. The maximum atomic E-state index is 5.64. The number of morpholine rings is 1. The topological polar surface area (TPSA) is 73.4 Å². The van der Waals surface area contributed by atoms with Gasteiger partial charge in [-0.25, -0.2) is 15.0 Å². The Morgan fingerprint density at radius 1 is 1.07 bits per heavy atom. The van der Waals surface area contributed by atoms with Crippen LogP contribution in [0.25, 0.3) is 22.4 Å². The molecule has 0 unspecified atom stereocenters. The van der Waals surface area contributed by atoms with Crippen molar-refractivity contribution in [3.05, 3.63) is 30.6 Å². The molecule has 5 rings (SSSR count). The van der Waals surface area contributed by atoms with Crippen LogP contribution in [0.5, 0.6) is 0 Å². The molecule has 5 heterocycles. The standard InChI is InChI=1S/C21H27N7O/c1-15-14-29-12-11-28(15)19-13-18(27-9-7-26(2)8-10-27)24-21(25-19)17-4-6-23-20-16(17)3-5-22-20/h3-6,13,15H,7-12,14H2,1-2H3,(H,22,23)/t15-/m1/s1. The molecule has 0 bridgehead atoms. The highest BCUT2D eigenvalue weighted by Gasteiger charge is 2.24. The molecule has 0 radical (unpaired) electrons. The van der Waals surface area contributed by atoms with Crippen molar-refractivity contribution in [3.63, 3.8) is 0 Å². The first-order valence-corrected chi connectivity index (χ1v) is 10.3. The van der Waals surface area contributed by atoms with Gasteiger partial charge in [0, 0.05) is 62.1 Å². The third-order valence-electron chi connectivity index (χ3n) is 5.89. The lowest BCUT2D eigenvalue weighted by atomic mass is 10.1. The van der Waals surface area contributed by atoms with Crippen LogP contribution in [0.15, 0.2) is 30.6 Å². The van der Waals surface area contributed by atoms with Gasteiger partial charge in [-0.3, -0.25) is 0 Å². The molecule has 152 valence electrons. The molecule has 0 saturated carbocycles. The van der Waals surface area contributed by atoms with Gasteiger partial charge in [-0.05, 0) is 26.1 Å². The number of likely N-dealkylation sites (N-methyl/N-ethyl adjacent to an activating group) is 1. The molecular weight excluding hydrogens is 366 g/mol. The van der Waals surface area contributed by atoms with Gasteiger partial charge in [0.05, 0.1) is 19.3 Å². The number of nitrogens with zero attached hydrogens (tertiary/aromatic N) is 6. The van der Waals surface area contributed by atoms with Crippen LogP contribution in [0.4, 0.5) is 11.6 Å². The van der Waals surface area contributed by atoms with E-state index in [0.717, 1.165) is 80.0 Å². The van der Waals surface area contributed by atoms with Crippen LogP contribution in [-0.4, -0.2) is 83.9 Å². The number of hydrogen-bond acceptors (Lipinski definition) is 7. The summed E-state index contributed by atoms with van der Waals surface area (Å²) >= 11 is 0. The summed E-state index contributed by atoms with van der Waals surface area (Å²) in [6.45, 7) is 8.51. The van der Waals surface area contributed by atoms with Gasteiger partial charge in [-0.15, -0.1) is 0 Å². The van der Waals surface area contributed by atoms with E-state index in [4.69, 9.17) is 14.7 Å². The van der Waals surface area contributed by atoms with Crippen molar-refractivity contribution < 1.29 is 4.74 Å². The largest absolute Gasteiger partial charge is 0.377 e. The maximum absolute atomic E-state index is 5.64. The van der Waals surface area contributed by atoms with Gasteiger partial charge >= 0.3 is 0 Å². The summed E-state index contributed by atoms with van der Waals surface area (Å²) in [5.41, 5.74) is 1.87. The van der Waals surface area contributed by atoms with E-state index in [2.05, 4.69) is 44.7 Å². The molecule has 2 fully saturated rings. The molecule has 8 nitrogen and oxygen atoms in total. The average Bonchev–Trinajstić information content (AvgIpc) is 3.23. The summed E-state index contributed by atoms with van der Waals surface area (Å²) in [7, 11) is 2.17. The predicted octanol–water partition coefficient (Wildman–Crippen LogP) is 2.00. The van der Waals surface area contributed by atoms with Gasteiger partial charge in [0.15, 0.2) is 5.82 Å². The minimum atomic E-state index is 0.288. The quantitative estimate of drug-likeness (QED) is 0.730. The van der Waals surface area contributed by atoms with E-state index in [1.807, 2.05) is 24.5 Å². The molecule has 1 atom stereocenters. The Balaban J connectivity index is 1.61. The van der Waals surface area contributed by atoms with Crippen LogP contribution < -0.4 is 9.80 Å². The third kappa shape index (κ3) is 3.54. The number of aromatic nitrogens is 4. The predicted molar refractivity (Wildman–Crippen MR) is 114 cm³/mol. The van der Waals surface area contributed by atoms with Gasteiger partial charge in [0.1, 0.15) is 17.3 Å². The number of hydrogen-bond donors (Lipinski definition) is 1. The number of piperazine rings is 1. The zero-order chi connectivity index (χ0) is 19.8. The van der Waals surface area contributed by atoms with Crippen LogP contribution in [0, 0.1) is 0 Å². The minimum Gasteiger partial charge on any atom is -0.377 e. The summed E-state index contributed by atoms with van der Waals surface area (Å²) in [5, 5.41) is 1.05. The summed E-state index contributed by atoms with van der Waals surface area (Å²) in [6.07, 6.45) is 3.73. The second kappa shape index (κ2) is 7.61. The highest BCUT2D eigenvalue weighted by atomic mass is 16.5. The molecule has 1 N–H and O–H groups in total. The first-order valence-electron chi connectivity index (χ1n) is 10.3. The fourth-order valence-electron chi connectivity index (χ4n) is 4.11. The number of rotatable bonds is 3. The number of aromatic amines is 1. The lowest BCUT2D eigenvalue weighted by Gasteiger charge is -2.36. The minimum absolute atomic E-state index is 0.288. The van der Waals surface area contributed by atoms with Crippen molar-refractivity contribution in [1.82, 2.24) is 24.8 Å². The van der Waals surface area contributed by atoms with Crippen LogP contribution in [-0.2, 0) is 4.74 Å². The second-order valence-corrected chi connectivity index (χ2v) is 7.91. The van der Waals surface area contributed by atoms with E-state index in [1.54, 1.807) is 0 Å². The van der Waals surface area contributed by atoms with Gasteiger partial charge in [-0.1, -0.05) is 0 Å². The van der Waals surface area contributed by atoms with Crippen LogP contribution >= 0.6 is 0 Å². The Morgan fingerprint density at radius 3 is 2.72 bits per heavy atom. The summed E-state index contributed by atoms with van der Waals surface area (Å²) in [4.78, 5) is 24.7. The van der Waals surface area contributed by atoms with Crippen molar-refractivity contribution in [2.45, 2.75) is 13.0 Å². The number of fused-ring (bicyclic) bond motifs is 1. The highest BCUT2D eigenvalue weighted by Crippen LogP contribution is 2.30. The van der Waals surface area contributed by atoms with Crippen molar-refractivity contribution in [2.24, 2.45) is 0 Å². The second-order valence-electron chi connectivity index (χ2n) is 7.91. The molecule has 29 heavy (non-hydrogen) atoms. The van der Waals surface area contributed by atoms with Crippen molar-refractivity contribution in [2.75, 3.05) is 62.8 Å². The molecule has 8 heteroatoms. The molecule has 0 aromatic carbocycles. The first kappa shape index (κ1) is 18.3. The van der Waals surface area contributed by atoms with E-state index < -0.39 is 0 Å².